The number of hydrogen-bond acceptors (Lipinski definition) is 4. The molecule has 1 aromatic carbocycles. The van der Waals surface area contributed by atoms with E-state index in [1.54, 1.807) is 0 Å². The molecule has 4 amide bonds. The second kappa shape index (κ2) is 7.45. The molecule has 10 heteroatoms. The zero-order valence-corrected chi connectivity index (χ0v) is 13.6. The average molecular weight is 368 g/mol. The first-order valence-electron chi connectivity index (χ1n) is 7.47. The maximum absolute atomic E-state index is 13.0. The van der Waals surface area contributed by atoms with Crippen LogP contribution >= 0.6 is 0 Å². The average Bonchev–Trinajstić information content (AvgIpc) is 2.58. The minimum absolute atomic E-state index is 0.0373. The first-order valence-corrected chi connectivity index (χ1v) is 7.47. The molecule has 0 aromatic heterocycles. The second-order valence-electron chi connectivity index (χ2n) is 5.43. The number of allylic oxidation sites excluding steroid dienone is 1. The van der Waals surface area contributed by atoms with E-state index >= 15 is 0 Å². The van der Waals surface area contributed by atoms with Crippen molar-refractivity contribution in [2.75, 3.05) is 13.2 Å². The number of rotatable bonds is 3. The molecule has 1 atom stereocenters. The Morgan fingerprint density at radius 3 is 2.73 bits per heavy atom. The molecule has 0 saturated carbocycles. The standard InChI is InChI=1S/C16H15F3N4O3/c1-9-12(8-20)13(10-3-2-4-11(7-10)16(17,18)19)23(15(26)22-9)14(25)21-5-6-24/h2-4,7,13,24H,5-6H2,1H3,(H,21,25)(H,22,26). The number of hydrogen-bond donors (Lipinski definition) is 3. The highest BCUT2D eigenvalue weighted by Crippen LogP contribution is 2.36. The molecule has 7 nitrogen and oxygen atoms in total. The number of carbonyl (C=O) groups excluding carboxylic acids is 2. The van der Waals surface area contributed by atoms with E-state index in [0.717, 1.165) is 18.2 Å². The minimum Gasteiger partial charge on any atom is -0.395 e. The molecule has 1 aliphatic rings. The lowest BCUT2D eigenvalue weighted by atomic mass is 9.93. The molecular weight excluding hydrogens is 353 g/mol. The maximum atomic E-state index is 13.0. The lowest BCUT2D eigenvalue weighted by molar-refractivity contribution is -0.137. The van der Waals surface area contributed by atoms with Gasteiger partial charge in [-0.3, -0.25) is 0 Å². The van der Waals surface area contributed by atoms with E-state index in [-0.39, 0.29) is 23.4 Å². The highest BCUT2D eigenvalue weighted by Gasteiger charge is 2.40. The molecule has 0 aliphatic carbocycles. The molecule has 2 rings (SSSR count). The zero-order valence-electron chi connectivity index (χ0n) is 13.6. The highest BCUT2D eigenvalue weighted by atomic mass is 19.4. The number of aliphatic hydroxyl groups is 1. The van der Waals surface area contributed by atoms with Gasteiger partial charge in [-0.25, -0.2) is 14.5 Å². The topological polar surface area (TPSA) is 105 Å². The third-order valence-electron chi connectivity index (χ3n) is 3.71. The van der Waals surface area contributed by atoms with Crippen LogP contribution in [0.3, 0.4) is 0 Å². The number of halogens is 3. The van der Waals surface area contributed by atoms with Crippen molar-refractivity contribution in [3.8, 4) is 6.07 Å². The monoisotopic (exact) mass is 368 g/mol. The summed E-state index contributed by atoms with van der Waals surface area (Å²) in [6.07, 6.45) is -4.62. The fourth-order valence-corrected chi connectivity index (χ4v) is 2.54. The van der Waals surface area contributed by atoms with Crippen molar-refractivity contribution < 1.29 is 27.9 Å². The summed E-state index contributed by atoms with van der Waals surface area (Å²) in [6, 6.07) is 2.76. The van der Waals surface area contributed by atoms with Crippen molar-refractivity contribution in [3.05, 3.63) is 46.7 Å². The number of benzene rings is 1. The van der Waals surface area contributed by atoms with E-state index < -0.39 is 36.5 Å². The Labute approximate surface area is 146 Å². The van der Waals surface area contributed by atoms with Crippen LogP contribution in [0.15, 0.2) is 35.5 Å². The van der Waals surface area contributed by atoms with Crippen molar-refractivity contribution in [3.63, 3.8) is 0 Å². The summed E-state index contributed by atoms with van der Waals surface area (Å²) in [5, 5.41) is 22.8. The Morgan fingerprint density at radius 1 is 1.46 bits per heavy atom. The van der Waals surface area contributed by atoms with Crippen LogP contribution in [-0.2, 0) is 6.18 Å². The number of nitriles is 1. The van der Waals surface area contributed by atoms with E-state index in [9.17, 15) is 28.0 Å². The molecule has 1 aromatic rings. The van der Waals surface area contributed by atoms with E-state index in [1.807, 2.05) is 6.07 Å². The molecule has 0 saturated heterocycles. The van der Waals surface area contributed by atoms with Gasteiger partial charge in [0.15, 0.2) is 0 Å². The predicted octanol–water partition coefficient (Wildman–Crippen LogP) is 2.27. The Bertz CT molecular complexity index is 799. The van der Waals surface area contributed by atoms with Crippen LogP contribution in [-0.4, -0.2) is 35.2 Å². The van der Waals surface area contributed by atoms with E-state index in [0.29, 0.717) is 4.90 Å². The third-order valence-corrected chi connectivity index (χ3v) is 3.71. The third kappa shape index (κ3) is 3.78. The van der Waals surface area contributed by atoms with Crippen molar-refractivity contribution in [1.82, 2.24) is 15.5 Å². The van der Waals surface area contributed by atoms with E-state index in [4.69, 9.17) is 5.11 Å². The number of alkyl halides is 3. The van der Waals surface area contributed by atoms with Crippen LogP contribution in [0.1, 0.15) is 24.1 Å². The SMILES string of the molecule is CC1=C(C#N)C(c2cccc(C(F)(F)F)c2)N(C(=O)NCCO)C(=O)N1. The van der Waals surface area contributed by atoms with Gasteiger partial charge in [0, 0.05) is 12.2 Å². The summed E-state index contributed by atoms with van der Waals surface area (Å²) in [7, 11) is 0. The van der Waals surface area contributed by atoms with Crippen LogP contribution in [0.5, 0.6) is 0 Å². The lowest BCUT2D eigenvalue weighted by Crippen LogP contribution is -2.53. The second-order valence-corrected chi connectivity index (χ2v) is 5.43. The zero-order chi connectivity index (χ0) is 19.5. The summed E-state index contributed by atoms with van der Waals surface area (Å²) in [4.78, 5) is 25.2. The van der Waals surface area contributed by atoms with E-state index in [1.165, 1.54) is 13.0 Å². The summed E-state index contributed by atoms with van der Waals surface area (Å²) in [6.45, 7) is 0.859. The first kappa shape index (κ1) is 19.3. The quantitative estimate of drug-likeness (QED) is 0.761. The Kier molecular flexibility index (Phi) is 5.52. The largest absolute Gasteiger partial charge is 0.416 e. The molecule has 0 radical (unpaired) electrons. The summed E-state index contributed by atoms with van der Waals surface area (Å²) < 4.78 is 39.0. The molecule has 1 unspecified atom stereocenters. The summed E-state index contributed by atoms with van der Waals surface area (Å²) >= 11 is 0. The fraction of sp³-hybridized carbons (Fsp3) is 0.312. The van der Waals surface area contributed by atoms with Gasteiger partial charge in [-0.1, -0.05) is 12.1 Å². The Balaban J connectivity index is 2.57. The normalized spacial score (nSPS) is 17.6. The molecule has 0 fully saturated rings. The van der Waals surface area contributed by atoms with Crippen LogP contribution in [0.2, 0.25) is 0 Å². The van der Waals surface area contributed by atoms with Crippen molar-refractivity contribution in [2.45, 2.75) is 19.1 Å². The molecule has 1 aliphatic heterocycles. The highest BCUT2D eigenvalue weighted by molar-refractivity contribution is 5.96. The number of amides is 4. The molecule has 138 valence electrons. The molecule has 26 heavy (non-hydrogen) atoms. The predicted molar refractivity (Wildman–Crippen MR) is 83.4 cm³/mol. The van der Waals surface area contributed by atoms with Gasteiger partial charge in [-0.2, -0.15) is 18.4 Å². The number of urea groups is 2. The van der Waals surface area contributed by atoms with Crippen LogP contribution < -0.4 is 10.6 Å². The van der Waals surface area contributed by atoms with Gasteiger partial charge in [0.05, 0.1) is 23.8 Å². The maximum Gasteiger partial charge on any atom is 0.416 e. The minimum atomic E-state index is -4.62. The van der Waals surface area contributed by atoms with Crippen molar-refractivity contribution in [1.29, 1.82) is 5.26 Å². The Morgan fingerprint density at radius 2 is 2.15 bits per heavy atom. The molecule has 0 bridgehead atoms. The number of imide groups is 1. The number of aliphatic hydroxyl groups excluding tert-OH is 1. The van der Waals surface area contributed by atoms with Crippen LogP contribution in [0.4, 0.5) is 22.8 Å². The molecule has 0 spiro atoms. The van der Waals surface area contributed by atoms with Gasteiger partial charge in [0.1, 0.15) is 6.04 Å². The first-order chi connectivity index (χ1) is 12.2. The molecular formula is C16H15F3N4O3. The molecule has 1 heterocycles. The number of nitrogens with zero attached hydrogens (tertiary/aromatic N) is 2. The van der Waals surface area contributed by atoms with Gasteiger partial charge in [0.2, 0.25) is 0 Å². The van der Waals surface area contributed by atoms with Crippen molar-refractivity contribution in [2.24, 2.45) is 0 Å². The summed E-state index contributed by atoms with van der Waals surface area (Å²) in [5.74, 6) is 0. The lowest BCUT2D eigenvalue weighted by Gasteiger charge is -2.35. The molecule has 3 N–H and O–H groups in total. The van der Waals surface area contributed by atoms with Gasteiger partial charge in [0.25, 0.3) is 0 Å². The van der Waals surface area contributed by atoms with Gasteiger partial charge in [-0.15, -0.1) is 0 Å². The van der Waals surface area contributed by atoms with E-state index in [2.05, 4.69) is 10.6 Å². The number of carbonyl (C=O) groups is 2. The number of nitrogens with one attached hydrogen (secondary N) is 2. The van der Waals surface area contributed by atoms with Gasteiger partial charge < -0.3 is 15.7 Å². The summed E-state index contributed by atoms with van der Waals surface area (Å²) in [5.41, 5.74) is -0.925. The van der Waals surface area contributed by atoms with Crippen LogP contribution in [0, 0.1) is 11.3 Å². The van der Waals surface area contributed by atoms with Gasteiger partial charge in [-0.05, 0) is 24.6 Å². The van der Waals surface area contributed by atoms with Gasteiger partial charge >= 0.3 is 18.2 Å². The Hall–Kier alpha value is -3.06. The van der Waals surface area contributed by atoms with Crippen LogP contribution in [0.25, 0.3) is 0 Å². The fourth-order valence-electron chi connectivity index (χ4n) is 2.54. The smallest absolute Gasteiger partial charge is 0.395 e. The van der Waals surface area contributed by atoms with Crippen molar-refractivity contribution >= 4 is 12.1 Å².